The number of hydrogen-bond acceptors (Lipinski definition) is 6. The minimum absolute atomic E-state index is 0.0367. The molecular formula is C12H12N2O3S3. The number of aromatic nitrogens is 2. The monoisotopic (exact) mass is 328 g/mol. The normalized spacial score (nSPS) is 18.7. The number of thioether (sulfide) groups is 2. The molecule has 5 nitrogen and oxygen atoms in total. The predicted octanol–water partition coefficient (Wildman–Crippen LogP) is 2.31. The van der Waals surface area contributed by atoms with Crippen LogP contribution >= 0.6 is 34.9 Å². The van der Waals surface area contributed by atoms with E-state index in [1.54, 1.807) is 10.6 Å². The van der Waals surface area contributed by atoms with E-state index in [0.29, 0.717) is 15.4 Å². The average Bonchev–Trinajstić information content (AvgIpc) is 3.06. The summed E-state index contributed by atoms with van der Waals surface area (Å²) in [7, 11) is 0. The number of aliphatic carboxylic acids is 1. The van der Waals surface area contributed by atoms with E-state index in [-0.39, 0.29) is 17.4 Å². The maximum absolute atomic E-state index is 12.6. The second-order valence-electron chi connectivity index (χ2n) is 4.40. The minimum Gasteiger partial charge on any atom is -0.481 e. The molecule has 1 saturated heterocycles. The number of carboxylic acids is 1. The lowest BCUT2D eigenvalue weighted by atomic mass is 10.2. The summed E-state index contributed by atoms with van der Waals surface area (Å²) in [6.45, 7) is 0. The summed E-state index contributed by atoms with van der Waals surface area (Å²) in [5.41, 5.74) is 0.625. The molecule has 2 aromatic rings. The molecular weight excluding hydrogens is 316 g/mol. The van der Waals surface area contributed by atoms with Crippen molar-refractivity contribution in [2.75, 3.05) is 17.3 Å². The highest BCUT2D eigenvalue weighted by atomic mass is 32.2. The third-order valence-electron chi connectivity index (χ3n) is 3.08. The van der Waals surface area contributed by atoms with Crippen molar-refractivity contribution in [3.63, 3.8) is 0 Å². The molecule has 0 spiro atoms. The number of hydrogen-bond donors (Lipinski definition) is 1. The van der Waals surface area contributed by atoms with E-state index < -0.39 is 5.97 Å². The zero-order valence-electron chi connectivity index (χ0n) is 10.4. The zero-order chi connectivity index (χ0) is 14.1. The van der Waals surface area contributed by atoms with Crippen LogP contribution < -0.4 is 5.56 Å². The molecule has 0 aliphatic carbocycles. The van der Waals surface area contributed by atoms with Gasteiger partial charge in [0.05, 0.1) is 11.3 Å². The lowest BCUT2D eigenvalue weighted by molar-refractivity contribution is -0.133. The van der Waals surface area contributed by atoms with Crippen molar-refractivity contribution >= 4 is 51.0 Å². The summed E-state index contributed by atoms with van der Waals surface area (Å²) in [6, 6.07) is 1.93. The Kier molecular flexibility index (Phi) is 4.04. The first kappa shape index (κ1) is 14.0. The van der Waals surface area contributed by atoms with Crippen LogP contribution in [0.25, 0.3) is 10.2 Å². The van der Waals surface area contributed by atoms with Gasteiger partial charge in [0.15, 0.2) is 5.16 Å². The van der Waals surface area contributed by atoms with E-state index in [9.17, 15) is 9.59 Å². The van der Waals surface area contributed by atoms with Gasteiger partial charge in [0.1, 0.15) is 4.70 Å². The van der Waals surface area contributed by atoms with Crippen molar-refractivity contribution < 1.29 is 9.90 Å². The van der Waals surface area contributed by atoms with Crippen LogP contribution in [0.5, 0.6) is 0 Å². The summed E-state index contributed by atoms with van der Waals surface area (Å²) >= 11 is 4.33. The van der Waals surface area contributed by atoms with Crippen LogP contribution in [0, 0.1) is 0 Å². The van der Waals surface area contributed by atoms with Gasteiger partial charge in [-0.2, -0.15) is 11.8 Å². The molecule has 0 aromatic carbocycles. The Morgan fingerprint density at radius 3 is 3.15 bits per heavy atom. The average molecular weight is 328 g/mol. The molecule has 1 aliphatic rings. The van der Waals surface area contributed by atoms with Crippen LogP contribution in [0.3, 0.4) is 0 Å². The highest BCUT2D eigenvalue weighted by molar-refractivity contribution is 8.00. The predicted molar refractivity (Wildman–Crippen MR) is 83.2 cm³/mol. The van der Waals surface area contributed by atoms with Gasteiger partial charge in [0, 0.05) is 11.8 Å². The van der Waals surface area contributed by atoms with Crippen LogP contribution in [0.4, 0.5) is 0 Å². The Morgan fingerprint density at radius 1 is 1.60 bits per heavy atom. The summed E-state index contributed by atoms with van der Waals surface area (Å²) in [5.74, 6) is 0.936. The van der Waals surface area contributed by atoms with E-state index in [2.05, 4.69) is 4.98 Å². The highest BCUT2D eigenvalue weighted by Crippen LogP contribution is 2.31. The van der Waals surface area contributed by atoms with Crippen molar-refractivity contribution in [2.45, 2.75) is 17.6 Å². The van der Waals surface area contributed by atoms with Gasteiger partial charge in [-0.15, -0.1) is 11.3 Å². The molecule has 1 aliphatic heterocycles. The second-order valence-corrected chi connectivity index (χ2v) is 7.41. The Labute approximate surface area is 127 Å². The molecule has 106 valence electrons. The van der Waals surface area contributed by atoms with E-state index >= 15 is 0 Å². The molecule has 8 heteroatoms. The van der Waals surface area contributed by atoms with Crippen LogP contribution in [-0.2, 0) is 4.79 Å². The Bertz CT molecular complexity index is 704. The minimum atomic E-state index is -0.901. The molecule has 1 atom stereocenters. The van der Waals surface area contributed by atoms with Crippen LogP contribution in [0.1, 0.15) is 12.5 Å². The number of fused-ring (bicyclic) bond motifs is 1. The fourth-order valence-electron chi connectivity index (χ4n) is 2.18. The number of carboxylic acid groups (broad SMARTS) is 1. The maximum atomic E-state index is 12.6. The van der Waals surface area contributed by atoms with Crippen LogP contribution in [0.2, 0.25) is 0 Å². The van der Waals surface area contributed by atoms with Gasteiger partial charge < -0.3 is 5.11 Å². The van der Waals surface area contributed by atoms with Gasteiger partial charge >= 0.3 is 5.97 Å². The molecule has 0 bridgehead atoms. The first-order chi connectivity index (χ1) is 9.66. The molecule has 0 amide bonds. The smallest absolute Gasteiger partial charge is 0.313 e. The largest absolute Gasteiger partial charge is 0.481 e. The van der Waals surface area contributed by atoms with Gasteiger partial charge in [0.25, 0.3) is 5.56 Å². The Hall–Kier alpha value is -0.990. The van der Waals surface area contributed by atoms with Gasteiger partial charge in [-0.25, -0.2) is 4.98 Å². The lowest BCUT2D eigenvalue weighted by Crippen LogP contribution is -2.27. The molecule has 20 heavy (non-hydrogen) atoms. The Balaban J connectivity index is 2.11. The van der Waals surface area contributed by atoms with E-state index in [0.717, 1.165) is 29.7 Å². The maximum Gasteiger partial charge on any atom is 0.313 e. The van der Waals surface area contributed by atoms with Gasteiger partial charge in [-0.05, 0) is 23.6 Å². The van der Waals surface area contributed by atoms with Gasteiger partial charge in [-0.3, -0.25) is 14.2 Å². The number of carbonyl (C=O) groups is 1. The van der Waals surface area contributed by atoms with Gasteiger partial charge in [0.2, 0.25) is 0 Å². The third kappa shape index (κ3) is 2.59. The number of rotatable bonds is 4. The molecule has 2 aromatic heterocycles. The molecule has 1 fully saturated rings. The summed E-state index contributed by atoms with van der Waals surface area (Å²) in [5, 5.41) is 11.2. The van der Waals surface area contributed by atoms with E-state index in [4.69, 9.17) is 5.11 Å². The molecule has 1 N–H and O–H groups in total. The standard InChI is InChI=1S/C12H12N2O3S3/c15-9(16)6-20-12-13-8-2-4-19-10(8)11(17)14(12)7-1-3-18-5-7/h2,4,7H,1,3,5-6H2,(H,15,16). The van der Waals surface area contributed by atoms with Crippen molar-refractivity contribution in [3.8, 4) is 0 Å². The second kappa shape index (κ2) is 5.79. The molecule has 3 rings (SSSR count). The van der Waals surface area contributed by atoms with E-state index in [1.807, 2.05) is 17.1 Å². The third-order valence-corrected chi connectivity index (χ3v) is 6.05. The van der Waals surface area contributed by atoms with Crippen molar-refractivity contribution in [1.29, 1.82) is 0 Å². The van der Waals surface area contributed by atoms with Crippen molar-refractivity contribution in [2.24, 2.45) is 0 Å². The SMILES string of the molecule is O=C(O)CSc1nc2ccsc2c(=O)n1C1CCSC1. The van der Waals surface area contributed by atoms with Crippen molar-refractivity contribution in [1.82, 2.24) is 9.55 Å². The number of nitrogens with zero attached hydrogens (tertiary/aromatic N) is 2. The topological polar surface area (TPSA) is 72.2 Å². The first-order valence-electron chi connectivity index (χ1n) is 6.09. The lowest BCUT2D eigenvalue weighted by Gasteiger charge is -2.16. The quantitative estimate of drug-likeness (QED) is 0.686. The fourth-order valence-corrected chi connectivity index (χ4v) is 4.93. The number of thiophene rings is 1. The van der Waals surface area contributed by atoms with Crippen LogP contribution in [0.15, 0.2) is 21.4 Å². The van der Waals surface area contributed by atoms with Crippen molar-refractivity contribution in [3.05, 3.63) is 21.8 Å². The van der Waals surface area contributed by atoms with E-state index in [1.165, 1.54) is 11.3 Å². The summed E-state index contributed by atoms with van der Waals surface area (Å²) < 4.78 is 2.36. The first-order valence-corrected chi connectivity index (χ1v) is 9.11. The summed E-state index contributed by atoms with van der Waals surface area (Å²) in [6.07, 6.45) is 0.934. The molecule has 3 heterocycles. The molecule has 0 saturated carbocycles. The fraction of sp³-hybridized carbons (Fsp3) is 0.417. The van der Waals surface area contributed by atoms with Gasteiger partial charge in [-0.1, -0.05) is 11.8 Å². The highest BCUT2D eigenvalue weighted by Gasteiger charge is 2.24. The zero-order valence-corrected chi connectivity index (χ0v) is 12.9. The summed E-state index contributed by atoms with van der Waals surface area (Å²) in [4.78, 5) is 27.8. The molecule has 1 unspecified atom stereocenters. The van der Waals surface area contributed by atoms with Crippen LogP contribution in [-0.4, -0.2) is 37.9 Å². The Morgan fingerprint density at radius 2 is 2.45 bits per heavy atom. The molecule has 0 radical (unpaired) electrons.